The third kappa shape index (κ3) is 5.08. The van der Waals surface area contributed by atoms with E-state index in [1.807, 2.05) is 43.3 Å². The van der Waals surface area contributed by atoms with Crippen LogP contribution in [-0.2, 0) is 14.3 Å². The second-order valence-corrected chi connectivity index (χ2v) is 9.49. The Bertz CT molecular complexity index is 1050. The zero-order valence-electron chi connectivity index (χ0n) is 20.3. The van der Waals surface area contributed by atoms with Crippen molar-refractivity contribution in [2.75, 3.05) is 39.4 Å². The second kappa shape index (κ2) is 10.5. The van der Waals surface area contributed by atoms with Crippen LogP contribution >= 0.6 is 0 Å². The lowest BCUT2D eigenvalue weighted by Crippen LogP contribution is -2.38. The summed E-state index contributed by atoms with van der Waals surface area (Å²) in [6.45, 7) is 10.7. The van der Waals surface area contributed by atoms with Crippen molar-refractivity contribution in [1.29, 1.82) is 0 Å². The van der Waals surface area contributed by atoms with Crippen LogP contribution in [0.3, 0.4) is 0 Å². The Balaban J connectivity index is 1.67. The largest absolute Gasteiger partial charge is 0.507 e. The molecule has 2 heterocycles. The number of likely N-dealkylation sites (tertiary alicyclic amines) is 1. The van der Waals surface area contributed by atoms with Crippen LogP contribution in [0.1, 0.15) is 54.5 Å². The Morgan fingerprint density at radius 2 is 1.65 bits per heavy atom. The number of nitrogens with zero attached hydrogens (tertiary/aromatic N) is 2. The number of hydrogen-bond acceptors (Lipinski definition) is 5. The van der Waals surface area contributed by atoms with Crippen molar-refractivity contribution >= 4 is 17.4 Å². The van der Waals surface area contributed by atoms with Gasteiger partial charge in [0.1, 0.15) is 5.76 Å². The minimum atomic E-state index is -0.623. The van der Waals surface area contributed by atoms with Gasteiger partial charge in [-0.3, -0.25) is 14.5 Å². The van der Waals surface area contributed by atoms with Crippen LogP contribution in [0.15, 0.2) is 54.1 Å². The molecule has 1 amide bonds. The topological polar surface area (TPSA) is 70.1 Å². The molecule has 0 bridgehead atoms. The summed E-state index contributed by atoms with van der Waals surface area (Å²) < 4.78 is 5.42. The Hall–Kier alpha value is -2.96. The maximum absolute atomic E-state index is 13.2. The van der Waals surface area contributed by atoms with Crippen molar-refractivity contribution in [2.24, 2.45) is 0 Å². The van der Waals surface area contributed by atoms with E-state index in [1.54, 1.807) is 17.0 Å². The van der Waals surface area contributed by atoms with E-state index < -0.39 is 17.7 Å². The number of hydrogen-bond donors (Lipinski definition) is 1. The summed E-state index contributed by atoms with van der Waals surface area (Å²) in [5.41, 5.74) is 3.79. The molecular formula is C28H34N2O4. The number of rotatable bonds is 7. The van der Waals surface area contributed by atoms with Crippen LogP contribution in [0.2, 0.25) is 0 Å². The van der Waals surface area contributed by atoms with Crippen molar-refractivity contribution in [3.63, 3.8) is 0 Å². The molecule has 2 saturated heterocycles. The number of Topliss-reactive ketones (excluding diaryl/α,β-unsaturated/α-hetero) is 1. The smallest absolute Gasteiger partial charge is 0.295 e. The number of morpholine rings is 1. The summed E-state index contributed by atoms with van der Waals surface area (Å²) in [5, 5.41) is 11.2. The zero-order chi connectivity index (χ0) is 24.2. The lowest BCUT2D eigenvalue weighted by Gasteiger charge is -2.29. The molecule has 0 radical (unpaired) electrons. The monoisotopic (exact) mass is 462 g/mol. The van der Waals surface area contributed by atoms with Gasteiger partial charge < -0.3 is 14.7 Å². The molecule has 0 aromatic heterocycles. The average Bonchev–Trinajstić information content (AvgIpc) is 3.10. The first-order chi connectivity index (χ1) is 16.4. The molecule has 1 unspecified atom stereocenters. The predicted molar refractivity (Wildman–Crippen MR) is 133 cm³/mol. The highest BCUT2D eigenvalue weighted by atomic mass is 16.5. The van der Waals surface area contributed by atoms with Crippen molar-refractivity contribution in [3.8, 4) is 0 Å². The Kier molecular flexibility index (Phi) is 7.49. The molecule has 2 fully saturated rings. The molecule has 180 valence electrons. The average molecular weight is 463 g/mol. The molecule has 1 atom stereocenters. The maximum Gasteiger partial charge on any atom is 0.295 e. The van der Waals surface area contributed by atoms with E-state index in [2.05, 4.69) is 18.7 Å². The third-order valence-electron chi connectivity index (χ3n) is 6.76. The van der Waals surface area contributed by atoms with E-state index in [-0.39, 0.29) is 11.3 Å². The van der Waals surface area contributed by atoms with Crippen LogP contribution in [0.25, 0.3) is 5.76 Å². The summed E-state index contributed by atoms with van der Waals surface area (Å²) in [7, 11) is 0. The summed E-state index contributed by atoms with van der Waals surface area (Å²) in [5.74, 6) is -0.913. The molecular weight excluding hydrogens is 428 g/mol. The molecule has 2 aromatic rings. The third-order valence-corrected chi connectivity index (χ3v) is 6.76. The maximum atomic E-state index is 13.2. The quantitative estimate of drug-likeness (QED) is 0.378. The highest BCUT2D eigenvalue weighted by Gasteiger charge is 2.45. The normalized spacial score (nSPS) is 20.9. The first kappa shape index (κ1) is 24.2. The van der Waals surface area contributed by atoms with Gasteiger partial charge in [0.15, 0.2) is 0 Å². The SMILES string of the molecule is Cc1ccc(/C(O)=C2\C(=O)C(=O)N(CCCN3CCOCC3)C2c2ccc(C(C)C)cc2)cc1. The summed E-state index contributed by atoms with van der Waals surface area (Å²) >= 11 is 0. The lowest BCUT2D eigenvalue weighted by molar-refractivity contribution is -0.140. The number of ketones is 1. The Morgan fingerprint density at radius 1 is 1.00 bits per heavy atom. The Morgan fingerprint density at radius 3 is 2.26 bits per heavy atom. The fourth-order valence-corrected chi connectivity index (χ4v) is 4.68. The molecule has 0 spiro atoms. The van der Waals surface area contributed by atoms with E-state index in [1.165, 1.54) is 5.56 Å². The molecule has 6 nitrogen and oxygen atoms in total. The predicted octanol–water partition coefficient (Wildman–Crippen LogP) is 4.26. The molecule has 6 heteroatoms. The lowest BCUT2D eigenvalue weighted by atomic mass is 9.93. The summed E-state index contributed by atoms with van der Waals surface area (Å²) in [6.07, 6.45) is 0.748. The number of ether oxygens (including phenoxy) is 1. The fraction of sp³-hybridized carbons (Fsp3) is 0.429. The second-order valence-electron chi connectivity index (χ2n) is 9.49. The molecule has 1 N–H and O–H groups in total. The van der Waals surface area contributed by atoms with E-state index >= 15 is 0 Å². The van der Waals surface area contributed by atoms with Crippen LogP contribution in [0.4, 0.5) is 0 Å². The molecule has 4 rings (SSSR count). The Labute approximate surface area is 201 Å². The van der Waals surface area contributed by atoms with Crippen molar-refractivity contribution < 1.29 is 19.4 Å². The van der Waals surface area contributed by atoms with Crippen LogP contribution < -0.4 is 0 Å². The molecule has 0 saturated carbocycles. The number of carbonyl (C=O) groups excluding carboxylic acids is 2. The van der Waals surface area contributed by atoms with Gasteiger partial charge in [0.05, 0.1) is 24.8 Å². The summed E-state index contributed by atoms with van der Waals surface area (Å²) in [6, 6.07) is 14.8. The number of aliphatic hydroxyl groups excluding tert-OH is 1. The standard InChI is InChI=1S/C28H34N2O4/c1-19(2)21-9-11-22(12-10-21)25-24(26(31)23-7-5-20(3)6-8-23)27(32)28(33)30(25)14-4-13-29-15-17-34-18-16-29/h5-12,19,25,31H,4,13-18H2,1-3H3/b26-24+. The van der Waals surface area contributed by atoms with E-state index in [9.17, 15) is 14.7 Å². The van der Waals surface area contributed by atoms with Crippen molar-refractivity contribution in [2.45, 2.75) is 39.2 Å². The number of benzene rings is 2. The number of aliphatic hydroxyl groups is 1. The van der Waals surface area contributed by atoms with E-state index in [0.717, 1.165) is 50.4 Å². The fourth-order valence-electron chi connectivity index (χ4n) is 4.68. The van der Waals surface area contributed by atoms with Crippen LogP contribution in [0, 0.1) is 6.92 Å². The first-order valence-corrected chi connectivity index (χ1v) is 12.1. The van der Waals surface area contributed by atoms with Crippen molar-refractivity contribution in [1.82, 2.24) is 9.80 Å². The van der Waals surface area contributed by atoms with Gasteiger partial charge in [0.25, 0.3) is 11.7 Å². The van der Waals surface area contributed by atoms with Gasteiger partial charge in [0.2, 0.25) is 0 Å². The number of amides is 1. The van der Waals surface area contributed by atoms with Gasteiger partial charge in [-0.2, -0.15) is 0 Å². The van der Waals surface area contributed by atoms with Crippen molar-refractivity contribution in [3.05, 3.63) is 76.4 Å². The molecule has 2 aromatic carbocycles. The molecule has 2 aliphatic rings. The van der Waals surface area contributed by atoms with Gasteiger partial charge in [-0.1, -0.05) is 67.9 Å². The number of carbonyl (C=O) groups is 2. The van der Waals surface area contributed by atoms with Crippen LogP contribution in [-0.4, -0.2) is 66.0 Å². The van der Waals surface area contributed by atoms with Crippen LogP contribution in [0.5, 0.6) is 0 Å². The van der Waals surface area contributed by atoms with Gasteiger partial charge >= 0.3 is 0 Å². The van der Waals surface area contributed by atoms with Gasteiger partial charge in [-0.05, 0) is 30.4 Å². The van der Waals surface area contributed by atoms with Gasteiger partial charge in [-0.25, -0.2) is 0 Å². The minimum absolute atomic E-state index is 0.119. The van der Waals surface area contributed by atoms with Gasteiger partial charge in [0, 0.05) is 31.7 Å². The zero-order valence-corrected chi connectivity index (χ0v) is 20.3. The molecule has 2 aliphatic heterocycles. The highest BCUT2D eigenvalue weighted by molar-refractivity contribution is 6.46. The minimum Gasteiger partial charge on any atom is -0.507 e. The first-order valence-electron chi connectivity index (χ1n) is 12.1. The van der Waals surface area contributed by atoms with E-state index in [4.69, 9.17) is 4.74 Å². The highest BCUT2D eigenvalue weighted by Crippen LogP contribution is 2.39. The molecule has 34 heavy (non-hydrogen) atoms. The summed E-state index contributed by atoms with van der Waals surface area (Å²) in [4.78, 5) is 30.3. The van der Waals surface area contributed by atoms with Gasteiger partial charge in [-0.15, -0.1) is 0 Å². The number of aryl methyl sites for hydroxylation is 1. The van der Waals surface area contributed by atoms with E-state index in [0.29, 0.717) is 18.0 Å². The molecule has 0 aliphatic carbocycles.